The molecule has 0 unspecified atom stereocenters. The lowest BCUT2D eigenvalue weighted by Crippen LogP contribution is -2.48. The minimum absolute atomic E-state index is 0.115. The number of benzene rings is 2. The van der Waals surface area contributed by atoms with Gasteiger partial charge in [0.15, 0.2) is 0 Å². The van der Waals surface area contributed by atoms with Gasteiger partial charge in [-0.25, -0.2) is 4.79 Å². The number of non-ortho nitro benzene ring substituents is 1. The van der Waals surface area contributed by atoms with Crippen molar-refractivity contribution >= 4 is 17.4 Å². The van der Waals surface area contributed by atoms with E-state index in [0.717, 1.165) is 0 Å². The zero-order chi connectivity index (χ0) is 20.5. The summed E-state index contributed by atoms with van der Waals surface area (Å²) >= 11 is 0. The Morgan fingerprint density at radius 1 is 1.21 bits per heavy atom. The summed E-state index contributed by atoms with van der Waals surface area (Å²) < 4.78 is 5.50. The molecule has 2 aromatic carbocycles. The topological polar surface area (TPSA) is 116 Å². The van der Waals surface area contributed by atoms with Crippen molar-refractivity contribution in [1.82, 2.24) is 0 Å². The number of aliphatic hydroxyl groups excluding tert-OH is 1. The summed E-state index contributed by atoms with van der Waals surface area (Å²) in [5.74, 6) is -2.06. The van der Waals surface area contributed by atoms with E-state index in [4.69, 9.17) is 4.74 Å². The van der Waals surface area contributed by atoms with E-state index in [1.165, 1.54) is 38.3 Å². The zero-order valence-corrected chi connectivity index (χ0v) is 15.4. The third-order valence-electron chi connectivity index (χ3n) is 5.33. The van der Waals surface area contributed by atoms with Gasteiger partial charge in [0.2, 0.25) is 5.71 Å². The number of esters is 1. The van der Waals surface area contributed by atoms with E-state index in [-0.39, 0.29) is 18.0 Å². The van der Waals surface area contributed by atoms with E-state index < -0.39 is 28.3 Å². The maximum Gasteiger partial charge on any atom is 0.380 e. The van der Waals surface area contributed by atoms with E-state index >= 15 is 0 Å². The quantitative estimate of drug-likeness (QED) is 0.278. The number of nitrogens with zero attached hydrogens (tertiary/aromatic N) is 2. The molecule has 28 heavy (non-hydrogen) atoms. The lowest BCUT2D eigenvalue weighted by Gasteiger charge is -2.28. The van der Waals surface area contributed by atoms with Crippen LogP contribution in [-0.4, -0.2) is 45.7 Å². The van der Waals surface area contributed by atoms with E-state index in [1.807, 2.05) is 6.07 Å². The third-order valence-corrected chi connectivity index (χ3v) is 5.33. The largest absolute Gasteiger partial charge is 0.623 e. The van der Waals surface area contributed by atoms with Crippen LogP contribution < -0.4 is 0 Å². The Morgan fingerprint density at radius 2 is 1.82 bits per heavy atom. The number of hydrogen-bond acceptors (Lipinski definition) is 6. The number of nitro groups is 1. The number of ether oxygens (including phenoxy) is 1. The molecule has 1 aliphatic heterocycles. The Kier molecular flexibility index (Phi) is 5.15. The molecule has 1 aliphatic rings. The van der Waals surface area contributed by atoms with Crippen LogP contribution >= 0.6 is 0 Å². The Bertz CT molecular complexity index is 925. The summed E-state index contributed by atoms with van der Waals surface area (Å²) in [6, 6.07) is 14.5. The average molecular weight is 384 g/mol. The second-order valence-corrected chi connectivity index (χ2v) is 6.80. The van der Waals surface area contributed by atoms with Crippen LogP contribution in [0.4, 0.5) is 5.69 Å². The van der Waals surface area contributed by atoms with Crippen molar-refractivity contribution < 1.29 is 24.3 Å². The molecule has 0 bridgehead atoms. The predicted molar refractivity (Wildman–Crippen MR) is 101 cm³/mol. The van der Waals surface area contributed by atoms with E-state index in [1.54, 1.807) is 24.3 Å². The Balaban J connectivity index is 2.20. The highest BCUT2D eigenvalue weighted by Crippen LogP contribution is 2.45. The summed E-state index contributed by atoms with van der Waals surface area (Å²) in [4.78, 5) is 23.0. The summed E-state index contributed by atoms with van der Waals surface area (Å²) in [5, 5.41) is 34.4. The third kappa shape index (κ3) is 2.91. The fourth-order valence-electron chi connectivity index (χ4n) is 3.99. The second kappa shape index (κ2) is 7.40. The van der Waals surface area contributed by atoms with Crippen molar-refractivity contribution in [3.63, 3.8) is 0 Å². The van der Waals surface area contributed by atoms with Gasteiger partial charge in [0, 0.05) is 24.6 Å². The fourth-order valence-corrected chi connectivity index (χ4v) is 3.99. The van der Waals surface area contributed by atoms with Gasteiger partial charge in [-0.1, -0.05) is 30.3 Å². The normalized spacial score (nSPS) is 24.2. The van der Waals surface area contributed by atoms with Crippen LogP contribution in [0.3, 0.4) is 0 Å². The predicted octanol–water partition coefficient (Wildman–Crippen LogP) is 2.23. The van der Waals surface area contributed by atoms with Gasteiger partial charge < -0.3 is 15.1 Å². The molecule has 146 valence electrons. The molecule has 0 saturated heterocycles. The van der Waals surface area contributed by atoms with Gasteiger partial charge in [0.05, 0.1) is 30.5 Å². The number of aliphatic hydroxyl groups is 1. The summed E-state index contributed by atoms with van der Waals surface area (Å²) in [7, 11) is 1.21. The number of carbonyl (C=O) groups excluding carboxylic acids is 1. The highest BCUT2D eigenvalue weighted by molar-refractivity contribution is 6.03. The van der Waals surface area contributed by atoms with E-state index in [2.05, 4.69) is 0 Å². The fraction of sp³-hybridized carbons (Fsp3) is 0.300. The Morgan fingerprint density at radius 3 is 2.32 bits per heavy atom. The highest BCUT2D eigenvalue weighted by Gasteiger charge is 2.62. The minimum Gasteiger partial charge on any atom is -0.623 e. The molecule has 0 aliphatic carbocycles. The standard InChI is InChI=1S/C20H20N2O6/c1-20(19(24)28-2)17(13-6-4-3-5-7-13)16(12-23)18(21(20)25)14-8-10-15(11-9-14)22(26)27/h3-11,16-17,23H,12H2,1-2H3/t16-,17-,20+/m1/s1. The number of nitro benzene ring substituents is 1. The van der Waals surface area contributed by atoms with Crippen LogP contribution in [0, 0.1) is 21.2 Å². The molecular weight excluding hydrogens is 364 g/mol. The smallest absolute Gasteiger partial charge is 0.380 e. The molecule has 3 atom stereocenters. The van der Waals surface area contributed by atoms with Crippen molar-refractivity contribution in [2.24, 2.45) is 5.92 Å². The number of hydroxylamine groups is 1. The molecule has 2 aromatic rings. The van der Waals surface area contributed by atoms with Crippen molar-refractivity contribution in [2.45, 2.75) is 18.4 Å². The lowest BCUT2D eigenvalue weighted by atomic mass is 9.74. The summed E-state index contributed by atoms with van der Waals surface area (Å²) in [6.45, 7) is 1.11. The van der Waals surface area contributed by atoms with E-state index in [9.17, 15) is 25.2 Å². The van der Waals surface area contributed by atoms with Gasteiger partial charge in [-0.15, -0.1) is 0 Å². The van der Waals surface area contributed by atoms with Crippen molar-refractivity contribution in [3.05, 3.63) is 81.0 Å². The van der Waals surface area contributed by atoms with Crippen LogP contribution in [0.25, 0.3) is 0 Å². The second-order valence-electron chi connectivity index (χ2n) is 6.80. The molecule has 8 heteroatoms. The van der Waals surface area contributed by atoms with E-state index in [0.29, 0.717) is 15.9 Å². The molecule has 0 spiro atoms. The van der Waals surface area contributed by atoms with Gasteiger partial charge in [-0.2, -0.15) is 4.74 Å². The molecular formula is C20H20N2O6. The van der Waals surface area contributed by atoms with Crippen LogP contribution in [-0.2, 0) is 9.53 Å². The zero-order valence-electron chi connectivity index (χ0n) is 15.4. The van der Waals surface area contributed by atoms with Gasteiger partial charge in [-0.3, -0.25) is 10.1 Å². The molecule has 0 radical (unpaired) electrons. The molecule has 0 saturated carbocycles. The molecule has 0 amide bonds. The maximum absolute atomic E-state index is 13.3. The van der Waals surface area contributed by atoms with Crippen LogP contribution in [0.2, 0.25) is 0 Å². The van der Waals surface area contributed by atoms with Gasteiger partial charge in [-0.05, 0) is 17.7 Å². The SMILES string of the molecule is COC(=O)[C@]1(C)[C@H](c2ccccc2)[C@@H](CO)C(c2ccc([N+](=O)[O-])cc2)=[N+]1[O-]. The first-order valence-corrected chi connectivity index (χ1v) is 8.69. The van der Waals surface area contributed by atoms with Crippen LogP contribution in [0.15, 0.2) is 54.6 Å². The van der Waals surface area contributed by atoms with Crippen molar-refractivity contribution in [3.8, 4) is 0 Å². The van der Waals surface area contributed by atoms with Crippen molar-refractivity contribution in [1.29, 1.82) is 0 Å². The number of hydrogen-bond donors (Lipinski definition) is 1. The maximum atomic E-state index is 13.3. The minimum atomic E-state index is -1.60. The molecule has 3 rings (SSSR count). The van der Waals surface area contributed by atoms with Gasteiger partial charge >= 0.3 is 5.97 Å². The Labute approximate surface area is 161 Å². The number of methoxy groups -OCH3 is 1. The first kappa shape index (κ1) is 19.5. The van der Waals surface area contributed by atoms with Gasteiger partial charge in [0.25, 0.3) is 11.2 Å². The first-order valence-electron chi connectivity index (χ1n) is 8.69. The average Bonchev–Trinajstić information content (AvgIpc) is 2.95. The van der Waals surface area contributed by atoms with Crippen molar-refractivity contribution in [2.75, 3.05) is 13.7 Å². The molecule has 0 aromatic heterocycles. The molecule has 1 N–H and O–H groups in total. The molecule has 1 heterocycles. The Hall–Kier alpha value is -3.26. The monoisotopic (exact) mass is 384 g/mol. The van der Waals surface area contributed by atoms with Gasteiger partial charge in [0.1, 0.15) is 0 Å². The van der Waals surface area contributed by atoms with Crippen LogP contribution in [0.1, 0.15) is 24.0 Å². The first-order chi connectivity index (χ1) is 13.4. The number of carbonyl (C=O) groups is 1. The van der Waals surface area contributed by atoms with Crippen LogP contribution in [0.5, 0.6) is 0 Å². The summed E-state index contributed by atoms with van der Waals surface area (Å²) in [5.41, 5.74) is -0.393. The molecule has 0 fully saturated rings. The lowest BCUT2D eigenvalue weighted by molar-refractivity contribution is -0.524. The summed E-state index contributed by atoms with van der Waals surface area (Å²) in [6.07, 6.45) is 0. The number of rotatable bonds is 5. The molecule has 8 nitrogen and oxygen atoms in total. The highest BCUT2D eigenvalue weighted by atomic mass is 16.6.